The highest BCUT2D eigenvalue weighted by atomic mass is 16.5. The summed E-state index contributed by atoms with van der Waals surface area (Å²) in [6, 6.07) is 0. The largest absolute Gasteiger partial charge is 0.396 e. The molecule has 3 nitrogen and oxygen atoms in total. The van der Waals surface area contributed by atoms with Crippen molar-refractivity contribution in [1.29, 1.82) is 0 Å². The van der Waals surface area contributed by atoms with Crippen molar-refractivity contribution in [2.75, 3.05) is 6.61 Å². The molecule has 6 atom stereocenters. The van der Waals surface area contributed by atoms with Crippen molar-refractivity contribution in [2.24, 2.45) is 22.7 Å². The molecule has 2 N–H and O–H groups in total. The molecule has 0 unspecified atom stereocenters. The van der Waals surface area contributed by atoms with Crippen molar-refractivity contribution >= 4 is 0 Å². The zero-order valence-electron chi connectivity index (χ0n) is 15.3. The SMILES string of the molecule is C=C[C@@]1(C)CC[C@H]2[C@]3(CO)C[C@H](O)CC(C)(C)[C@H]3CC[C@]2(C)O1. The average Bonchev–Trinajstić information content (AvgIpc) is 2.44. The molecule has 0 amide bonds. The summed E-state index contributed by atoms with van der Waals surface area (Å²) in [7, 11) is 0. The van der Waals surface area contributed by atoms with Gasteiger partial charge in [-0.1, -0.05) is 19.9 Å². The van der Waals surface area contributed by atoms with Gasteiger partial charge in [-0.15, -0.1) is 6.58 Å². The van der Waals surface area contributed by atoms with Gasteiger partial charge in [-0.05, 0) is 69.6 Å². The van der Waals surface area contributed by atoms with Crippen molar-refractivity contribution in [3.63, 3.8) is 0 Å². The maximum atomic E-state index is 10.5. The lowest BCUT2D eigenvalue weighted by molar-refractivity contribution is -0.271. The van der Waals surface area contributed by atoms with Crippen LogP contribution in [-0.4, -0.2) is 34.1 Å². The molecule has 1 aliphatic heterocycles. The average molecular weight is 322 g/mol. The Labute approximate surface area is 141 Å². The number of fused-ring (bicyclic) bond motifs is 3. The lowest BCUT2D eigenvalue weighted by Crippen LogP contribution is -2.66. The van der Waals surface area contributed by atoms with Gasteiger partial charge in [0.1, 0.15) is 0 Å². The molecule has 0 bridgehead atoms. The van der Waals surface area contributed by atoms with Crippen LogP contribution in [-0.2, 0) is 4.74 Å². The van der Waals surface area contributed by atoms with Crippen LogP contribution >= 0.6 is 0 Å². The predicted molar refractivity (Wildman–Crippen MR) is 92.1 cm³/mol. The summed E-state index contributed by atoms with van der Waals surface area (Å²) < 4.78 is 6.58. The predicted octanol–water partition coefficient (Wildman–Crippen LogP) is 3.69. The molecule has 1 saturated heterocycles. The van der Waals surface area contributed by atoms with Crippen LogP contribution in [0.15, 0.2) is 12.7 Å². The Balaban J connectivity index is 2.01. The minimum absolute atomic E-state index is 0.0704. The maximum Gasteiger partial charge on any atom is 0.0839 e. The van der Waals surface area contributed by atoms with E-state index >= 15 is 0 Å². The first-order chi connectivity index (χ1) is 10.6. The third kappa shape index (κ3) is 2.51. The number of aliphatic hydroxyl groups is 2. The lowest BCUT2D eigenvalue weighted by atomic mass is 9.43. The second-order valence-electron chi connectivity index (χ2n) is 9.56. The minimum Gasteiger partial charge on any atom is -0.396 e. The van der Waals surface area contributed by atoms with Crippen molar-refractivity contribution in [3.05, 3.63) is 12.7 Å². The van der Waals surface area contributed by atoms with E-state index in [0.717, 1.165) is 32.1 Å². The normalized spacial score (nSPS) is 52.3. The molecule has 0 aromatic rings. The van der Waals surface area contributed by atoms with E-state index in [1.54, 1.807) is 0 Å². The zero-order chi connectivity index (χ0) is 17.1. The van der Waals surface area contributed by atoms with E-state index in [-0.39, 0.29) is 34.7 Å². The van der Waals surface area contributed by atoms with Crippen LogP contribution < -0.4 is 0 Å². The molecule has 3 heteroatoms. The molecule has 1 heterocycles. The molecule has 2 aliphatic carbocycles. The van der Waals surface area contributed by atoms with Crippen molar-refractivity contribution in [1.82, 2.24) is 0 Å². The number of aliphatic hydroxyl groups excluding tert-OH is 2. The van der Waals surface area contributed by atoms with Crippen LogP contribution in [0.2, 0.25) is 0 Å². The highest BCUT2D eigenvalue weighted by Gasteiger charge is 2.64. The van der Waals surface area contributed by atoms with E-state index in [4.69, 9.17) is 4.74 Å². The maximum absolute atomic E-state index is 10.5. The Kier molecular flexibility index (Phi) is 4.02. The fourth-order valence-electron chi connectivity index (χ4n) is 6.62. The topological polar surface area (TPSA) is 49.7 Å². The first-order valence-corrected chi connectivity index (χ1v) is 9.24. The van der Waals surface area contributed by atoms with E-state index in [1.807, 2.05) is 6.08 Å². The Morgan fingerprint density at radius 2 is 1.74 bits per heavy atom. The molecular formula is C20H34O3. The van der Waals surface area contributed by atoms with Gasteiger partial charge in [-0.3, -0.25) is 0 Å². The highest BCUT2D eigenvalue weighted by molar-refractivity contribution is 5.14. The first-order valence-electron chi connectivity index (χ1n) is 9.24. The number of hydrogen-bond acceptors (Lipinski definition) is 3. The molecule has 0 radical (unpaired) electrons. The zero-order valence-corrected chi connectivity index (χ0v) is 15.3. The van der Waals surface area contributed by atoms with E-state index < -0.39 is 0 Å². The van der Waals surface area contributed by atoms with Crippen molar-refractivity contribution in [3.8, 4) is 0 Å². The molecule has 0 aromatic heterocycles. The van der Waals surface area contributed by atoms with Crippen LogP contribution in [0, 0.1) is 22.7 Å². The number of hydrogen-bond donors (Lipinski definition) is 2. The fourth-order valence-corrected chi connectivity index (χ4v) is 6.62. The van der Waals surface area contributed by atoms with Gasteiger partial charge in [-0.2, -0.15) is 0 Å². The second kappa shape index (κ2) is 5.31. The number of rotatable bonds is 2. The van der Waals surface area contributed by atoms with Gasteiger partial charge in [0.25, 0.3) is 0 Å². The van der Waals surface area contributed by atoms with Crippen LogP contribution in [0.1, 0.15) is 66.2 Å². The molecule has 3 rings (SSSR count). The van der Waals surface area contributed by atoms with Gasteiger partial charge in [-0.25, -0.2) is 0 Å². The molecule has 3 fully saturated rings. The number of ether oxygens (including phenoxy) is 1. The van der Waals surface area contributed by atoms with Crippen molar-refractivity contribution < 1.29 is 14.9 Å². The first kappa shape index (κ1) is 17.4. The molecule has 23 heavy (non-hydrogen) atoms. The smallest absolute Gasteiger partial charge is 0.0839 e. The Hall–Kier alpha value is -0.380. The Morgan fingerprint density at radius 1 is 1.09 bits per heavy atom. The quantitative estimate of drug-likeness (QED) is 0.762. The summed E-state index contributed by atoms with van der Waals surface area (Å²) >= 11 is 0. The molecule has 132 valence electrons. The van der Waals surface area contributed by atoms with E-state index in [2.05, 4.69) is 34.3 Å². The Bertz CT molecular complexity index is 487. The second-order valence-corrected chi connectivity index (χ2v) is 9.56. The van der Waals surface area contributed by atoms with Crippen LogP contribution in [0.4, 0.5) is 0 Å². The van der Waals surface area contributed by atoms with E-state index in [1.165, 1.54) is 0 Å². The van der Waals surface area contributed by atoms with Gasteiger partial charge in [0.05, 0.1) is 17.3 Å². The lowest BCUT2D eigenvalue weighted by Gasteiger charge is -2.66. The third-order valence-electron chi connectivity index (χ3n) is 7.50. The van der Waals surface area contributed by atoms with Gasteiger partial charge >= 0.3 is 0 Å². The summed E-state index contributed by atoms with van der Waals surface area (Å²) in [6.45, 7) is 13.0. The van der Waals surface area contributed by atoms with E-state index in [0.29, 0.717) is 18.3 Å². The summed E-state index contributed by atoms with van der Waals surface area (Å²) in [6.07, 6.45) is 7.27. The molecule has 0 spiro atoms. The van der Waals surface area contributed by atoms with Gasteiger partial charge in [0.15, 0.2) is 0 Å². The molecular weight excluding hydrogens is 288 g/mol. The van der Waals surface area contributed by atoms with Crippen LogP contribution in [0.25, 0.3) is 0 Å². The fraction of sp³-hybridized carbons (Fsp3) is 0.900. The van der Waals surface area contributed by atoms with E-state index in [9.17, 15) is 10.2 Å². The molecule has 2 saturated carbocycles. The van der Waals surface area contributed by atoms with Crippen molar-refractivity contribution in [2.45, 2.75) is 83.5 Å². The van der Waals surface area contributed by atoms with Crippen LogP contribution in [0.3, 0.4) is 0 Å². The summed E-state index contributed by atoms with van der Waals surface area (Å²) in [5, 5.41) is 21.0. The summed E-state index contributed by atoms with van der Waals surface area (Å²) in [4.78, 5) is 0. The third-order valence-corrected chi connectivity index (χ3v) is 7.50. The van der Waals surface area contributed by atoms with Gasteiger partial charge in [0.2, 0.25) is 0 Å². The molecule has 3 aliphatic rings. The highest BCUT2D eigenvalue weighted by Crippen LogP contribution is 2.65. The summed E-state index contributed by atoms with van der Waals surface area (Å²) in [5.41, 5.74) is -0.636. The Morgan fingerprint density at radius 3 is 2.35 bits per heavy atom. The summed E-state index contributed by atoms with van der Waals surface area (Å²) in [5.74, 6) is 0.763. The van der Waals surface area contributed by atoms with Gasteiger partial charge < -0.3 is 14.9 Å². The van der Waals surface area contributed by atoms with Crippen LogP contribution in [0.5, 0.6) is 0 Å². The standard InChI is InChI=1S/C20H34O3/c1-6-18(4)9-7-16-19(5,23-18)10-8-15-17(2,3)11-14(22)12-20(15,16)13-21/h6,14-16,21-22H,1,7-13H2,2-5H3/t14-,15-,16-,18+,19+,20+/m1/s1. The van der Waals surface area contributed by atoms with Gasteiger partial charge in [0, 0.05) is 12.0 Å². The molecule has 0 aromatic carbocycles. The monoisotopic (exact) mass is 322 g/mol. The minimum atomic E-state index is -0.316.